The molecule has 2 atom stereocenters. The van der Waals surface area contributed by atoms with E-state index in [-0.39, 0.29) is 18.7 Å². The quantitative estimate of drug-likeness (QED) is 0.817. The van der Waals surface area contributed by atoms with Crippen LogP contribution in [0.4, 0.5) is 4.79 Å². The van der Waals surface area contributed by atoms with Crippen LogP contribution in [0.5, 0.6) is 5.75 Å². The van der Waals surface area contributed by atoms with Crippen LogP contribution in [0.3, 0.4) is 0 Å². The first-order chi connectivity index (χ1) is 10.8. The lowest BCUT2D eigenvalue weighted by atomic mass is 9.90. The Morgan fingerprint density at radius 1 is 1.48 bits per heavy atom. The average molecular weight is 385 g/mol. The second-order valence-corrected chi connectivity index (χ2v) is 6.94. The Morgan fingerprint density at radius 3 is 2.78 bits per heavy atom. The van der Waals surface area contributed by atoms with Crippen molar-refractivity contribution in [3.8, 4) is 5.75 Å². The molecule has 0 saturated carbocycles. The lowest BCUT2D eigenvalue weighted by molar-refractivity contribution is -0.147. The molecule has 7 heteroatoms. The number of carbonyl (C=O) groups is 2. The molecule has 126 valence electrons. The van der Waals surface area contributed by atoms with Gasteiger partial charge in [0.25, 0.3) is 0 Å². The summed E-state index contributed by atoms with van der Waals surface area (Å²) in [5.74, 6) is -0.146. The summed E-state index contributed by atoms with van der Waals surface area (Å²) in [7, 11) is 0. The highest BCUT2D eigenvalue weighted by molar-refractivity contribution is 9.10. The van der Waals surface area contributed by atoms with E-state index >= 15 is 0 Å². The van der Waals surface area contributed by atoms with Crippen LogP contribution < -0.4 is 10.1 Å². The van der Waals surface area contributed by atoms with Gasteiger partial charge in [0.05, 0.1) is 16.4 Å². The Hall–Kier alpha value is -1.76. The highest BCUT2D eigenvalue weighted by atomic mass is 79.9. The lowest BCUT2D eigenvalue weighted by Gasteiger charge is -2.22. The maximum absolute atomic E-state index is 12.1. The topological polar surface area (TPSA) is 78.9 Å². The van der Waals surface area contributed by atoms with Gasteiger partial charge < -0.3 is 20.1 Å². The molecule has 1 aliphatic heterocycles. The molecule has 0 aliphatic carbocycles. The summed E-state index contributed by atoms with van der Waals surface area (Å²) in [6.07, 6.45) is 0.268. The molecule has 6 nitrogen and oxygen atoms in total. The summed E-state index contributed by atoms with van der Waals surface area (Å²) in [5.41, 5.74) is -0.853. The van der Waals surface area contributed by atoms with Gasteiger partial charge in [0.15, 0.2) is 0 Å². The number of carboxylic acids is 1. The van der Waals surface area contributed by atoms with Gasteiger partial charge in [-0.25, -0.2) is 4.79 Å². The number of halogens is 1. The van der Waals surface area contributed by atoms with E-state index in [1.165, 1.54) is 0 Å². The van der Waals surface area contributed by atoms with Crippen molar-refractivity contribution in [3.05, 3.63) is 28.7 Å². The monoisotopic (exact) mass is 384 g/mol. The zero-order valence-corrected chi connectivity index (χ0v) is 14.8. The number of carbonyl (C=O) groups excluding carboxylic acids is 1. The summed E-state index contributed by atoms with van der Waals surface area (Å²) in [5, 5.41) is 12.0. The van der Waals surface area contributed by atoms with E-state index < -0.39 is 11.4 Å². The molecular formula is C16H21BrN2O4. The summed E-state index contributed by atoms with van der Waals surface area (Å²) in [6.45, 7) is 4.56. The fraction of sp³-hybridized carbons (Fsp3) is 0.500. The number of urea groups is 1. The largest absolute Gasteiger partial charge is 0.488 e. The number of hydrogen-bond acceptors (Lipinski definition) is 3. The van der Waals surface area contributed by atoms with E-state index in [2.05, 4.69) is 21.2 Å². The van der Waals surface area contributed by atoms with Crippen molar-refractivity contribution in [1.82, 2.24) is 10.2 Å². The van der Waals surface area contributed by atoms with E-state index in [0.717, 1.165) is 4.47 Å². The number of nitrogens with one attached hydrogen (secondary N) is 1. The standard InChI is InChI=1S/C16H21BrN2O4/c1-11(23-13-6-4-3-5-12(13)17)9-18-15(22)19-8-7-16(2,10-19)14(20)21/h3-6,11H,7-10H2,1-2H3,(H,18,22)(H,20,21). The van der Waals surface area contributed by atoms with Gasteiger partial charge in [-0.15, -0.1) is 0 Å². The second kappa shape index (κ2) is 7.21. The zero-order chi connectivity index (χ0) is 17.0. The molecule has 0 spiro atoms. The minimum absolute atomic E-state index is 0.203. The number of ether oxygens (including phenoxy) is 1. The lowest BCUT2D eigenvalue weighted by Crippen LogP contribution is -2.43. The number of likely N-dealkylation sites (tertiary alicyclic amines) is 1. The van der Waals surface area contributed by atoms with Crippen molar-refractivity contribution in [2.45, 2.75) is 26.4 Å². The van der Waals surface area contributed by atoms with E-state index in [4.69, 9.17) is 4.74 Å². The first kappa shape index (κ1) is 17.6. The number of nitrogens with zero attached hydrogens (tertiary/aromatic N) is 1. The third-order valence-electron chi connectivity index (χ3n) is 3.98. The number of hydrogen-bond donors (Lipinski definition) is 2. The van der Waals surface area contributed by atoms with Crippen LogP contribution in [0.1, 0.15) is 20.3 Å². The Kier molecular flexibility index (Phi) is 5.51. The predicted molar refractivity (Wildman–Crippen MR) is 89.6 cm³/mol. The number of aliphatic carboxylic acids is 1. The highest BCUT2D eigenvalue weighted by Gasteiger charge is 2.42. The van der Waals surface area contributed by atoms with Gasteiger partial charge in [0, 0.05) is 13.1 Å². The number of benzene rings is 1. The fourth-order valence-corrected chi connectivity index (χ4v) is 2.83. The normalized spacial score (nSPS) is 21.8. The van der Waals surface area contributed by atoms with Crippen molar-refractivity contribution in [2.75, 3.05) is 19.6 Å². The van der Waals surface area contributed by atoms with Gasteiger partial charge in [-0.05, 0) is 48.3 Å². The number of para-hydroxylation sites is 1. The molecule has 1 fully saturated rings. The van der Waals surface area contributed by atoms with E-state index in [1.54, 1.807) is 11.8 Å². The van der Waals surface area contributed by atoms with Crippen LogP contribution in [0.2, 0.25) is 0 Å². The van der Waals surface area contributed by atoms with Crippen molar-refractivity contribution in [3.63, 3.8) is 0 Å². The molecule has 2 N–H and O–H groups in total. The number of amides is 2. The van der Waals surface area contributed by atoms with Crippen LogP contribution >= 0.6 is 15.9 Å². The molecule has 1 saturated heterocycles. The third-order valence-corrected chi connectivity index (χ3v) is 4.64. The smallest absolute Gasteiger partial charge is 0.317 e. The SMILES string of the molecule is CC(CNC(=O)N1CCC(C)(C(=O)O)C1)Oc1ccccc1Br. The molecule has 0 bridgehead atoms. The Labute approximate surface area is 143 Å². The summed E-state index contributed by atoms with van der Waals surface area (Å²) in [4.78, 5) is 24.9. The molecule has 2 rings (SSSR count). The summed E-state index contributed by atoms with van der Waals surface area (Å²) in [6, 6.07) is 7.26. The van der Waals surface area contributed by atoms with Crippen LogP contribution in [0.25, 0.3) is 0 Å². The van der Waals surface area contributed by atoms with Crippen molar-refractivity contribution < 1.29 is 19.4 Å². The maximum atomic E-state index is 12.1. The molecule has 0 radical (unpaired) electrons. The Morgan fingerprint density at radius 2 is 2.17 bits per heavy atom. The van der Waals surface area contributed by atoms with Crippen LogP contribution in [0.15, 0.2) is 28.7 Å². The minimum Gasteiger partial charge on any atom is -0.488 e. The van der Waals surface area contributed by atoms with Gasteiger partial charge >= 0.3 is 12.0 Å². The first-order valence-electron chi connectivity index (χ1n) is 7.49. The van der Waals surface area contributed by atoms with Gasteiger partial charge in [0.2, 0.25) is 0 Å². The maximum Gasteiger partial charge on any atom is 0.317 e. The molecular weight excluding hydrogens is 364 g/mol. The molecule has 1 aliphatic rings. The average Bonchev–Trinajstić information content (AvgIpc) is 2.91. The first-order valence-corrected chi connectivity index (χ1v) is 8.28. The summed E-state index contributed by atoms with van der Waals surface area (Å²) < 4.78 is 6.62. The van der Waals surface area contributed by atoms with Crippen LogP contribution in [0, 0.1) is 5.41 Å². The van der Waals surface area contributed by atoms with Crippen molar-refractivity contribution >= 4 is 27.9 Å². The van der Waals surface area contributed by atoms with E-state index in [0.29, 0.717) is 25.3 Å². The minimum atomic E-state index is -0.863. The van der Waals surface area contributed by atoms with Gasteiger partial charge in [-0.2, -0.15) is 0 Å². The van der Waals surface area contributed by atoms with E-state index in [1.807, 2.05) is 31.2 Å². The Balaban J connectivity index is 1.81. The van der Waals surface area contributed by atoms with Crippen molar-refractivity contribution in [2.24, 2.45) is 5.41 Å². The molecule has 0 aromatic heterocycles. The molecule has 23 heavy (non-hydrogen) atoms. The molecule has 1 heterocycles. The fourth-order valence-electron chi connectivity index (χ4n) is 2.45. The van der Waals surface area contributed by atoms with Crippen LogP contribution in [-0.2, 0) is 4.79 Å². The number of rotatable bonds is 5. The summed E-state index contributed by atoms with van der Waals surface area (Å²) >= 11 is 3.41. The van der Waals surface area contributed by atoms with Gasteiger partial charge in [0.1, 0.15) is 11.9 Å². The third kappa shape index (κ3) is 4.37. The molecule has 2 amide bonds. The van der Waals surface area contributed by atoms with Crippen molar-refractivity contribution in [1.29, 1.82) is 0 Å². The zero-order valence-electron chi connectivity index (χ0n) is 13.2. The second-order valence-electron chi connectivity index (χ2n) is 6.08. The van der Waals surface area contributed by atoms with Gasteiger partial charge in [-0.3, -0.25) is 4.79 Å². The molecule has 1 aromatic rings. The Bertz CT molecular complexity index is 595. The number of carboxylic acid groups (broad SMARTS) is 1. The van der Waals surface area contributed by atoms with E-state index in [9.17, 15) is 14.7 Å². The van der Waals surface area contributed by atoms with Crippen LogP contribution in [-0.4, -0.2) is 47.7 Å². The molecule has 1 aromatic carbocycles. The predicted octanol–water partition coefficient (Wildman–Crippen LogP) is 2.72. The molecule has 2 unspecified atom stereocenters. The highest BCUT2D eigenvalue weighted by Crippen LogP contribution is 2.30. The van der Waals surface area contributed by atoms with Gasteiger partial charge in [-0.1, -0.05) is 12.1 Å².